The van der Waals surface area contributed by atoms with Crippen LogP contribution in [0.15, 0.2) is 30.3 Å². The van der Waals surface area contributed by atoms with Crippen molar-refractivity contribution in [2.45, 2.75) is 37.9 Å². The summed E-state index contributed by atoms with van der Waals surface area (Å²) in [5, 5.41) is 6.41. The molecule has 0 aliphatic carbocycles. The van der Waals surface area contributed by atoms with E-state index >= 15 is 0 Å². The summed E-state index contributed by atoms with van der Waals surface area (Å²) in [4.78, 5) is 14.1. The van der Waals surface area contributed by atoms with Gasteiger partial charge >= 0.3 is 6.03 Å². The summed E-state index contributed by atoms with van der Waals surface area (Å²) < 4.78 is 23.0. The van der Waals surface area contributed by atoms with E-state index in [1.807, 2.05) is 35.2 Å². The molecular weight excluding hydrogens is 326 g/mol. The smallest absolute Gasteiger partial charge is 0.317 e. The molecule has 2 heterocycles. The monoisotopic (exact) mass is 351 g/mol. The molecule has 0 bridgehead atoms. The van der Waals surface area contributed by atoms with E-state index in [0.717, 1.165) is 18.4 Å². The second-order valence-electron chi connectivity index (χ2n) is 6.67. The normalized spacial score (nSPS) is 24.0. The summed E-state index contributed by atoms with van der Waals surface area (Å²) in [7, 11) is -2.84. The third-order valence-electron chi connectivity index (χ3n) is 4.77. The number of urea groups is 1. The van der Waals surface area contributed by atoms with Gasteiger partial charge in [-0.15, -0.1) is 0 Å². The topological polar surface area (TPSA) is 78.5 Å². The number of hydrogen-bond acceptors (Lipinski definition) is 4. The zero-order valence-electron chi connectivity index (χ0n) is 13.8. The molecule has 6 nitrogen and oxygen atoms in total. The molecule has 0 saturated carbocycles. The Bertz CT molecular complexity index is 655. The summed E-state index contributed by atoms with van der Waals surface area (Å²) in [5.74, 6) is 0.552. The van der Waals surface area contributed by atoms with Crippen molar-refractivity contribution in [3.8, 4) is 0 Å². The molecule has 1 atom stereocenters. The SMILES string of the molecule is O=C(NCc1ccccc1)N1CCC(N[C@H]2CCS(=O)(=O)C2)CC1. The minimum Gasteiger partial charge on any atom is -0.334 e. The molecule has 7 heteroatoms. The average Bonchev–Trinajstić information content (AvgIpc) is 2.93. The Morgan fingerprint density at radius 1 is 1.08 bits per heavy atom. The molecule has 2 aliphatic rings. The first-order valence-electron chi connectivity index (χ1n) is 8.55. The lowest BCUT2D eigenvalue weighted by Crippen LogP contribution is -2.50. The minimum absolute atomic E-state index is 0.0271. The van der Waals surface area contributed by atoms with Gasteiger partial charge in [0, 0.05) is 31.7 Å². The summed E-state index contributed by atoms with van der Waals surface area (Å²) in [5.41, 5.74) is 1.09. The Labute approximate surface area is 143 Å². The fourth-order valence-corrected chi connectivity index (χ4v) is 5.08. The van der Waals surface area contributed by atoms with Crippen molar-refractivity contribution in [2.24, 2.45) is 0 Å². The van der Waals surface area contributed by atoms with Gasteiger partial charge in [-0.1, -0.05) is 30.3 Å². The molecule has 24 heavy (non-hydrogen) atoms. The van der Waals surface area contributed by atoms with Gasteiger partial charge in [0.2, 0.25) is 0 Å². The maximum absolute atomic E-state index is 12.2. The van der Waals surface area contributed by atoms with E-state index in [9.17, 15) is 13.2 Å². The summed E-state index contributed by atoms with van der Waals surface area (Å²) >= 11 is 0. The number of nitrogens with one attached hydrogen (secondary N) is 2. The van der Waals surface area contributed by atoms with Crippen LogP contribution < -0.4 is 10.6 Å². The van der Waals surface area contributed by atoms with Crippen molar-refractivity contribution in [1.82, 2.24) is 15.5 Å². The van der Waals surface area contributed by atoms with E-state index in [2.05, 4.69) is 10.6 Å². The summed E-state index contributed by atoms with van der Waals surface area (Å²) in [6.45, 7) is 1.95. The lowest BCUT2D eigenvalue weighted by molar-refractivity contribution is 0.174. The number of rotatable bonds is 4. The lowest BCUT2D eigenvalue weighted by Gasteiger charge is -2.33. The Hall–Kier alpha value is -1.60. The van der Waals surface area contributed by atoms with E-state index in [1.54, 1.807) is 0 Å². The van der Waals surface area contributed by atoms with Gasteiger partial charge in [-0.05, 0) is 24.8 Å². The van der Waals surface area contributed by atoms with Crippen molar-refractivity contribution in [3.05, 3.63) is 35.9 Å². The van der Waals surface area contributed by atoms with E-state index in [-0.39, 0.29) is 17.8 Å². The Kier molecular flexibility index (Phi) is 5.40. The van der Waals surface area contributed by atoms with E-state index in [0.29, 0.717) is 37.8 Å². The van der Waals surface area contributed by atoms with E-state index < -0.39 is 9.84 Å². The Morgan fingerprint density at radius 3 is 2.42 bits per heavy atom. The van der Waals surface area contributed by atoms with Gasteiger partial charge in [0.25, 0.3) is 0 Å². The number of hydrogen-bond donors (Lipinski definition) is 2. The second-order valence-corrected chi connectivity index (χ2v) is 8.90. The molecule has 1 aromatic rings. The fraction of sp³-hybridized carbons (Fsp3) is 0.588. The fourth-order valence-electron chi connectivity index (χ4n) is 3.39. The number of carbonyl (C=O) groups is 1. The Balaban J connectivity index is 1.39. The summed E-state index contributed by atoms with van der Waals surface area (Å²) in [6.07, 6.45) is 2.45. The van der Waals surface area contributed by atoms with Crippen LogP contribution in [0.1, 0.15) is 24.8 Å². The van der Waals surface area contributed by atoms with Gasteiger partial charge in [-0.25, -0.2) is 13.2 Å². The van der Waals surface area contributed by atoms with Crippen LogP contribution in [-0.4, -0.2) is 56.0 Å². The van der Waals surface area contributed by atoms with Gasteiger partial charge in [0.1, 0.15) is 0 Å². The van der Waals surface area contributed by atoms with Crippen molar-refractivity contribution in [2.75, 3.05) is 24.6 Å². The quantitative estimate of drug-likeness (QED) is 0.853. The first-order chi connectivity index (χ1) is 11.5. The molecule has 2 amide bonds. The highest BCUT2D eigenvalue weighted by Crippen LogP contribution is 2.16. The standard InChI is InChI=1S/C17H25N3O3S/c21-17(18-12-14-4-2-1-3-5-14)20-9-6-15(7-10-20)19-16-8-11-24(22,23)13-16/h1-5,15-16,19H,6-13H2,(H,18,21)/t16-/m0/s1. The molecule has 2 saturated heterocycles. The van der Waals surface area contributed by atoms with Crippen molar-refractivity contribution >= 4 is 15.9 Å². The predicted octanol–water partition coefficient (Wildman–Crippen LogP) is 1.14. The molecule has 0 radical (unpaired) electrons. The first-order valence-corrected chi connectivity index (χ1v) is 10.4. The van der Waals surface area contributed by atoms with Crippen LogP contribution in [0.4, 0.5) is 4.79 Å². The maximum Gasteiger partial charge on any atom is 0.317 e. The summed E-state index contributed by atoms with van der Waals surface area (Å²) in [6, 6.07) is 10.2. The van der Waals surface area contributed by atoms with E-state index in [4.69, 9.17) is 0 Å². The number of sulfone groups is 1. The number of piperidine rings is 1. The van der Waals surface area contributed by atoms with Gasteiger partial charge in [0.15, 0.2) is 9.84 Å². The predicted molar refractivity (Wildman–Crippen MR) is 93.5 cm³/mol. The largest absolute Gasteiger partial charge is 0.334 e. The molecule has 2 fully saturated rings. The molecule has 2 N–H and O–H groups in total. The minimum atomic E-state index is -2.84. The molecular formula is C17H25N3O3S. The van der Waals surface area contributed by atoms with Crippen molar-refractivity contribution in [3.63, 3.8) is 0 Å². The van der Waals surface area contributed by atoms with Gasteiger partial charge < -0.3 is 15.5 Å². The lowest BCUT2D eigenvalue weighted by atomic mass is 10.0. The number of amides is 2. The first kappa shape index (κ1) is 17.2. The van der Waals surface area contributed by atoms with Crippen LogP contribution in [0.25, 0.3) is 0 Å². The van der Waals surface area contributed by atoms with Gasteiger partial charge in [-0.2, -0.15) is 0 Å². The van der Waals surface area contributed by atoms with Crippen LogP contribution in [0.3, 0.4) is 0 Å². The van der Waals surface area contributed by atoms with Crippen LogP contribution >= 0.6 is 0 Å². The van der Waals surface area contributed by atoms with E-state index in [1.165, 1.54) is 0 Å². The molecule has 3 rings (SSSR count). The van der Waals surface area contributed by atoms with Gasteiger partial charge in [-0.3, -0.25) is 0 Å². The second kappa shape index (κ2) is 7.53. The van der Waals surface area contributed by atoms with Crippen LogP contribution in [0.5, 0.6) is 0 Å². The average molecular weight is 351 g/mol. The maximum atomic E-state index is 12.2. The molecule has 0 aromatic heterocycles. The number of likely N-dealkylation sites (tertiary alicyclic amines) is 1. The molecule has 2 aliphatic heterocycles. The Morgan fingerprint density at radius 2 is 1.79 bits per heavy atom. The highest BCUT2D eigenvalue weighted by molar-refractivity contribution is 7.91. The molecule has 132 valence electrons. The highest BCUT2D eigenvalue weighted by atomic mass is 32.2. The van der Waals surface area contributed by atoms with Crippen LogP contribution in [0.2, 0.25) is 0 Å². The van der Waals surface area contributed by atoms with Crippen LogP contribution in [-0.2, 0) is 16.4 Å². The number of nitrogens with zero attached hydrogens (tertiary/aromatic N) is 1. The third kappa shape index (κ3) is 4.70. The number of benzene rings is 1. The molecule has 0 unspecified atom stereocenters. The molecule has 0 spiro atoms. The highest BCUT2D eigenvalue weighted by Gasteiger charge is 2.31. The zero-order valence-corrected chi connectivity index (χ0v) is 14.6. The zero-order chi connectivity index (χ0) is 17.0. The van der Waals surface area contributed by atoms with Gasteiger partial charge in [0.05, 0.1) is 11.5 Å². The van der Waals surface area contributed by atoms with Crippen molar-refractivity contribution < 1.29 is 13.2 Å². The number of carbonyl (C=O) groups excluding carboxylic acids is 1. The van der Waals surface area contributed by atoms with Crippen molar-refractivity contribution in [1.29, 1.82) is 0 Å². The third-order valence-corrected chi connectivity index (χ3v) is 6.54. The molecule has 1 aromatic carbocycles. The van der Waals surface area contributed by atoms with Crippen LogP contribution in [0, 0.1) is 0 Å².